The number of ether oxygens (including phenoxy) is 1. The van der Waals surface area contributed by atoms with Crippen molar-refractivity contribution in [2.24, 2.45) is 0 Å². The summed E-state index contributed by atoms with van der Waals surface area (Å²) in [5, 5.41) is 3.78. The highest BCUT2D eigenvalue weighted by Gasteiger charge is 2.26. The van der Waals surface area contributed by atoms with Gasteiger partial charge >= 0.3 is 5.97 Å². The van der Waals surface area contributed by atoms with Crippen molar-refractivity contribution >= 4 is 38.7 Å². The number of hydrogen-bond acceptors (Lipinski definition) is 4. The van der Waals surface area contributed by atoms with Crippen molar-refractivity contribution in [3.05, 3.63) is 53.2 Å². The fraction of sp³-hybridized carbons (Fsp3) is 0.278. The molecule has 0 aliphatic carbocycles. The van der Waals surface area contributed by atoms with Crippen LogP contribution in [-0.4, -0.2) is 39.6 Å². The summed E-state index contributed by atoms with van der Waals surface area (Å²) < 4.78 is 7.49. The zero-order valence-corrected chi connectivity index (χ0v) is 16.0. The summed E-state index contributed by atoms with van der Waals surface area (Å²) in [7, 11) is 1.31. The topological polar surface area (TPSA) is 89.0 Å². The highest BCUT2D eigenvalue weighted by atomic mass is 79.9. The molecule has 7 nitrogen and oxygen atoms in total. The number of aromatic amines is 1. The van der Waals surface area contributed by atoms with Gasteiger partial charge in [-0.25, -0.2) is 9.78 Å². The molecule has 0 saturated carbocycles. The Hall–Kier alpha value is -2.61. The molecule has 2 atom stereocenters. The van der Waals surface area contributed by atoms with Crippen molar-refractivity contribution < 1.29 is 14.3 Å². The summed E-state index contributed by atoms with van der Waals surface area (Å²) in [6.07, 6.45) is 7.04. The van der Waals surface area contributed by atoms with Crippen molar-refractivity contribution in [2.45, 2.75) is 25.4 Å². The van der Waals surface area contributed by atoms with Crippen LogP contribution < -0.4 is 5.32 Å². The molecular formula is C18H19BrN4O3. The number of H-pyrrole nitrogens is 1. The van der Waals surface area contributed by atoms with Crippen molar-refractivity contribution in [3.63, 3.8) is 0 Å². The number of carbonyl (C=O) groups excluding carboxylic acids is 2. The number of halogens is 1. The molecule has 1 aromatic carbocycles. The second kappa shape index (κ2) is 7.74. The number of aromatic nitrogens is 3. The summed E-state index contributed by atoms with van der Waals surface area (Å²) in [6, 6.07) is 4.61. The largest absolute Gasteiger partial charge is 0.467 e. The standard InChI is InChI=1S/C18H19BrN4O3/c1-11(23-6-5-20-10-23)17(24)22-16(18(25)26-2)7-12-9-21-15-4-3-13(19)8-14(12)15/h3-6,8-11,16,21H,7H2,1-2H3,(H,22,24)/t11-,16-/m0/s1. The summed E-state index contributed by atoms with van der Waals surface area (Å²) in [6.45, 7) is 1.74. The van der Waals surface area contributed by atoms with Gasteiger partial charge in [0.1, 0.15) is 12.1 Å². The number of imidazole rings is 1. The van der Waals surface area contributed by atoms with Gasteiger partial charge in [0.25, 0.3) is 0 Å². The fourth-order valence-corrected chi connectivity index (χ4v) is 3.16. The van der Waals surface area contributed by atoms with Gasteiger partial charge in [-0.2, -0.15) is 0 Å². The van der Waals surface area contributed by atoms with E-state index in [1.165, 1.54) is 7.11 Å². The van der Waals surface area contributed by atoms with E-state index in [4.69, 9.17) is 4.74 Å². The van der Waals surface area contributed by atoms with E-state index in [1.54, 1.807) is 30.2 Å². The summed E-state index contributed by atoms with van der Waals surface area (Å²) in [4.78, 5) is 31.9. The molecule has 1 amide bonds. The molecule has 0 unspecified atom stereocenters. The number of benzene rings is 1. The third-order valence-electron chi connectivity index (χ3n) is 4.31. The molecule has 0 spiro atoms. The zero-order chi connectivity index (χ0) is 18.7. The van der Waals surface area contributed by atoms with Crippen LogP contribution in [0.2, 0.25) is 0 Å². The van der Waals surface area contributed by atoms with E-state index in [2.05, 4.69) is 31.2 Å². The van der Waals surface area contributed by atoms with Gasteiger partial charge in [0.15, 0.2) is 0 Å². The number of rotatable bonds is 6. The van der Waals surface area contributed by atoms with Gasteiger partial charge in [0, 0.05) is 40.4 Å². The van der Waals surface area contributed by atoms with E-state index < -0.39 is 18.1 Å². The smallest absolute Gasteiger partial charge is 0.328 e. The molecule has 0 bridgehead atoms. The molecule has 3 aromatic rings. The maximum absolute atomic E-state index is 12.5. The molecule has 8 heteroatoms. The van der Waals surface area contributed by atoms with Gasteiger partial charge in [-0.05, 0) is 30.7 Å². The molecular weight excluding hydrogens is 400 g/mol. The van der Waals surface area contributed by atoms with Gasteiger partial charge in [-0.15, -0.1) is 0 Å². The zero-order valence-electron chi connectivity index (χ0n) is 14.4. The van der Waals surface area contributed by atoms with E-state index in [9.17, 15) is 9.59 Å². The average Bonchev–Trinajstić information content (AvgIpc) is 3.30. The lowest BCUT2D eigenvalue weighted by atomic mass is 10.0. The van der Waals surface area contributed by atoms with E-state index in [-0.39, 0.29) is 5.91 Å². The Morgan fingerprint density at radius 2 is 2.23 bits per heavy atom. The third kappa shape index (κ3) is 3.80. The first-order valence-corrected chi connectivity index (χ1v) is 8.90. The van der Waals surface area contributed by atoms with E-state index in [0.29, 0.717) is 6.42 Å². The Kier molecular flexibility index (Phi) is 5.41. The van der Waals surface area contributed by atoms with Crippen LogP contribution in [0, 0.1) is 0 Å². The number of methoxy groups -OCH3 is 1. The second-order valence-electron chi connectivity index (χ2n) is 5.98. The number of nitrogens with one attached hydrogen (secondary N) is 2. The quantitative estimate of drug-likeness (QED) is 0.602. The first-order valence-electron chi connectivity index (χ1n) is 8.10. The number of esters is 1. The van der Waals surface area contributed by atoms with Gasteiger partial charge < -0.3 is 19.6 Å². The van der Waals surface area contributed by atoms with Crippen LogP contribution in [0.25, 0.3) is 10.9 Å². The average molecular weight is 419 g/mol. The minimum Gasteiger partial charge on any atom is -0.467 e. The molecule has 2 heterocycles. The first-order chi connectivity index (χ1) is 12.5. The summed E-state index contributed by atoms with van der Waals surface area (Å²) in [5.74, 6) is -0.764. The Morgan fingerprint density at radius 1 is 1.42 bits per heavy atom. The Bertz CT molecular complexity index is 920. The minimum absolute atomic E-state index is 0.278. The third-order valence-corrected chi connectivity index (χ3v) is 4.80. The maximum Gasteiger partial charge on any atom is 0.328 e. The lowest BCUT2D eigenvalue weighted by molar-refractivity contribution is -0.145. The molecule has 26 heavy (non-hydrogen) atoms. The van der Waals surface area contributed by atoms with Crippen LogP contribution >= 0.6 is 15.9 Å². The molecule has 136 valence electrons. The molecule has 2 aromatic heterocycles. The van der Waals surface area contributed by atoms with Crippen molar-refractivity contribution in [1.82, 2.24) is 19.9 Å². The lowest BCUT2D eigenvalue weighted by Gasteiger charge is -2.19. The van der Waals surface area contributed by atoms with Gasteiger partial charge in [0.05, 0.1) is 13.4 Å². The van der Waals surface area contributed by atoms with Crippen LogP contribution in [0.1, 0.15) is 18.5 Å². The van der Waals surface area contributed by atoms with E-state index in [1.807, 2.05) is 24.4 Å². The molecule has 2 N–H and O–H groups in total. The lowest BCUT2D eigenvalue weighted by Crippen LogP contribution is -2.45. The predicted octanol–water partition coefficient (Wildman–Crippen LogP) is 2.59. The Balaban J connectivity index is 1.80. The highest BCUT2D eigenvalue weighted by molar-refractivity contribution is 9.10. The van der Waals surface area contributed by atoms with Crippen LogP contribution in [0.3, 0.4) is 0 Å². The summed E-state index contributed by atoms with van der Waals surface area (Å²) in [5.41, 5.74) is 1.89. The number of hydrogen-bond donors (Lipinski definition) is 2. The predicted molar refractivity (Wildman–Crippen MR) is 101 cm³/mol. The van der Waals surface area contributed by atoms with Crippen molar-refractivity contribution in [1.29, 1.82) is 0 Å². The van der Waals surface area contributed by atoms with Crippen molar-refractivity contribution in [2.75, 3.05) is 7.11 Å². The summed E-state index contributed by atoms with van der Waals surface area (Å²) >= 11 is 3.46. The molecule has 0 saturated heterocycles. The van der Waals surface area contributed by atoms with Gasteiger partial charge in [-0.1, -0.05) is 15.9 Å². The van der Waals surface area contributed by atoms with E-state index in [0.717, 1.165) is 20.9 Å². The molecule has 3 rings (SSSR count). The first kappa shape index (κ1) is 18.2. The normalized spacial score (nSPS) is 13.3. The monoisotopic (exact) mass is 418 g/mol. The highest BCUT2D eigenvalue weighted by Crippen LogP contribution is 2.24. The van der Waals surface area contributed by atoms with Gasteiger partial charge in [0.2, 0.25) is 5.91 Å². The van der Waals surface area contributed by atoms with Crippen molar-refractivity contribution in [3.8, 4) is 0 Å². The van der Waals surface area contributed by atoms with E-state index >= 15 is 0 Å². The number of fused-ring (bicyclic) bond motifs is 1. The second-order valence-corrected chi connectivity index (χ2v) is 6.89. The number of nitrogens with zero attached hydrogens (tertiary/aromatic N) is 2. The fourth-order valence-electron chi connectivity index (χ4n) is 2.80. The van der Waals surface area contributed by atoms with Crippen LogP contribution in [0.15, 0.2) is 47.6 Å². The molecule has 0 radical (unpaired) electrons. The molecule has 0 aliphatic heterocycles. The van der Waals surface area contributed by atoms with Crippen LogP contribution in [0.4, 0.5) is 0 Å². The number of carbonyl (C=O) groups is 2. The minimum atomic E-state index is -0.781. The number of amides is 1. The Morgan fingerprint density at radius 3 is 2.92 bits per heavy atom. The molecule has 0 fully saturated rings. The van der Waals surface area contributed by atoms with Gasteiger partial charge in [-0.3, -0.25) is 4.79 Å². The Labute approximate surface area is 158 Å². The van der Waals surface area contributed by atoms with Crippen LogP contribution in [-0.2, 0) is 20.7 Å². The molecule has 0 aliphatic rings. The SMILES string of the molecule is COC(=O)[C@H](Cc1c[nH]c2ccc(Br)cc12)NC(=O)[C@H](C)n1ccnc1. The maximum atomic E-state index is 12.5. The van der Waals surface area contributed by atoms with Crippen LogP contribution in [0.5, 0.6) is 0 Å².